The average Bonchev–Trinajstić information content (AvgIpc) is 2.65. The monoisotopic (exact) mass is 376 g/mol. The van der Waals surface area contributed by atoms with Gasteiger partial charge in [-0.2, -0.15) is 0 Å². The Morgan fingerprint density at radius 2 is 1.81 bits per heavy atom. The molecule has 2 heterocycles. The highest BCUT2D eigenvalue weighted by molar-refractivity contribution is 6.30. The second-order valence-corrected chi connectivity index (χ2v) is 6.88. The van der Waals surface area contributed by atoms with Crippen molar-refractivity contribution in [3.05, 3.63) is 50.9 Å². The van der Waals surface area contributed by atoms with Crippen molar-refractivity contribution in [2.24, 2.45) is 0 Å². The highest BCUT2D eigenvalue weighted by Crippen LogP contribution is 2.21. The number of H-pyrrole nitrogens is 1. The molecule has 0 amide bonds. The fourth-order valence-electron chi connectivity index (χ4n) is 3.27. The molecule has 0 aliphatic carbocycles. The van der Waals surface area contributed by atoms with Gasteiger partial charge in [0, 0.05) is 49.6 Å². The number of anilines is 2. The summed E-state index contributed by atoms with van der Waals surface area (Å²) in [5, 5.41) is 0.743. The van der Waals surface area contributed by atoms with Crippen LogP contribution in [-0.2, 0) is 17.8 Å². The van der Waals surface area contributed by atoms with Crippen LogP contribution in [0.5, 0.6) is 0 Å². The normalized spacial score (nSPS) is 14.7. The van der Waals surface area contributed by atoms with Crippen LogP contribution in [0.1, 0.15) is 24.6 Å². The average molecular weight is 377 g/mol. The molecule has 1 aromatic heterocycles. The number of nitrogens with zero attached hydrogens (tertiary/aromatic N) is 3. The second kappa shape index (κ2) is 8.56. The Labute approximate surface area is 158 Å². The summed E-state index contributed by atoms with van der Waals surface area (Å²) in [7, 11) is 1.63. The minimum absolute atomic E-state index is 0.0518. The lowest BCUT2D eigenvalue weighted by Gasteiger charge is -2.36. The lowest BCUT2D eigenvalue weighted by molar-refractivity contribution is 0.180. The van der Waals surface area contributed by atoms with E-state index in [9.17, 15) is 4.79 Å². The lowest BCUT2D eigenvalue weighted by atomic mass is 10.1. The molecular formula is C19H25ClN4O2. The number of aromatic amines is 1. The highest BCUT2D eigenvalue weighted by Gasteiger charge is 2.21. The van der Waals surface area contributed by atoms with E-state index in [0.29, 0.717) is 19.0 Å². The van der Waals surface area contributed by atoms with Gasteiger partial charge < -0.3 is 14.5 Å². The molecule has 1 aliphatic rings. The van der Waals surface area contributed by atoms with Crippen LogP contribution in [0.25, 0.3) is 0 Å². The van der Waals surface area contributed by atoms with Gasteiger partial charge in [-0.3, -0.25) is 9.78 Å². The van der Waals surface area contributed by atoms with Crippen molar-refractivity contribution in [1.82, 2.24) is 9.97 Å². The first-order valence-electron chi connectivity index (χ1n) is 8.98. The van der Waals surface area contributed by atoms with Crippen molar-refractivity contribution in [2.45, 2.75) is 26.4 Å². The van der Waals surface area contributed by atoms with Crippen molar-refractivity contribution in [2.75, 3.05) is 43.1 Å². The SMILES string of the molecule is CCCc1c(COC)nc(N2CCN(c3ccc(Cl)cc3)CC2)[nH]c1=O. The predicted molar refractivity (Wildman–Crippen MR) is 105 cm³/mol. The maximum absolute atomic E-state index is 12.5. The zero-order valence-electron chi connectivity index (χ0n) is 15.3. The van der Waals surface area contributed by atoms with E-state index in [-0.39, 0.29) is 5.56 Å². The maximum atomic E-state index is 12.5. The van der Waals surface area contributed by atoms with Crippen LogP contribution in [0, 0.1) is 0 Å². The molecule has 1 aromatic carbocycles. The molecule has 0 saturated carbocycles. The number of methoxy groups -OCH3 is 1. The van der Waals surface area contributed by atoms with Gasteiger partial charge in [-0.25, -0.2) is 4.98 Å². The summed E-state index contributed by atoms with van der Waals surface area (Å²) < 4.78 is 5.24. The predicted octanol–water partition coefficient (Wildman–Crippen LogP) is 2.85. The smallest absolute Gasteiger partial charge is 0.255 e. The quantitative estimate of drug-likeness (QED) is 0.840. The summed E-state index contributed by atoms with van der Waals surface area (Å²) in [4.78, 5) is 24.6. The zero-order chi connectivity index (χ0) is 18.5. The fraction of sp³-hybridized carbons (Fsp3) is 0.474. The number of benzene rings is 1. The van der Waals surface area contributed by atoms with Crippen LogP contribution < -0.4 is 15.4 Å². The molecule has 0 bridgehead atoms. The van der Waals surface area contributed by atoms with Gasteiger partial charge in [-0.1, -0.05) is 24.9 Å². The summed E-state index contributed by atoms with van der Waals surface area (Å²) in [6, 6.07) is 7.89. The first kappa shape index (κ1) is 18.7. The van der Waals surface area contributed by atoms with E-state index in [2.05, 4.69) is 26.7 Å². The number of piperazine rings is 1. The number of aromatic nitrogens is 2. The molecule has 1 aliphatic heterocycles. The van der Waals surface area contributed by atoms with Gasteiger partial charge in [0.1, 0.15) is 0 Å². The van der Waals surface area contributed by atoms with Crippen molar-refractivity contribution >= 4 is 23.2 Å². The highest BCUT2D eigenvalue weighted by atomic mass is 35.5. The maximum Gasteiger partial charge on any atom is 0.255 e. The Bertz CT molecular complexity index is 783. The molecule has 6 nitrogen and oxygen atoms in total. The third-order valence-corrected chi connectivity index (χ3v) is 4.89. The van der Waals surface area contributed by atoms with Gasteiger partial charge in [0.05, 0.1) is 12.3 Å². The zero-order valence-corrected chi connectivity index (χ0v) is 16.1. The van der Waals surface area contributed by atoms with Gasteiger partial charge in [0.2, 0.25) is 5.95 Å². The molecule has 1 N–H and O–H groups in total. The molecule has 1 saturated heterocycles. The van der Waals surface area contributed by atoms with Gasteiger partial charge in [-0.15, -0.1) is 0 Å². The van der Waals surface area contributed by atoms with Crippen molar-refractivity contribution in [3.63, 3.8) is 0 Å². The Hall–Kier alpha value is -2.05. The van der Waals surface area contributed by atoms with Crippen LogP contribution in [-0.4, -0.2) is 43.3 Å². The summed E-state index contributed by atoms with van der Waals surface area (Å²) in [5.41, 5.74) is 2.59. The third-order valence-electron chi connectivity index (χ3n) is 4.64. The van der Waals surface area contributed by atoms with Gasteiger partial charge in [-0.05, 0) is 30.7 Å². The van der Waals surface area contributed by atoms with Crippen LogP contribution in [0.3, 0.4) is 0 Å². The molecular weight excluding hydrogens is 352 g/mol. The van der Waals surface area contributed by atoms with Gasteiger partial charge in [0.25, 0.3) is 5.56 Å². The first-order valence-corrected chi connectivity index (χ1v) is 9.36. The van der Waals surface area contributed by atoms with E-state index in [1.54, 1.807) is 7.11 Å². The molecule has 140 valence electrons. The fourth-order valence-corrected chi connectivity index (χ4v) is 3.40. The number of hydrogen-bond donors (Lipinski definition) is 1. The molecule has 3 rings (SSSR count). The van der Waals surface area contributed by atoms with E-state index in [0.717, 1.165) is 54.6 Å². The third kappa shape index (κ3) is 4.19. The molecule has 0 radical (unpaired) electrons. The van der Waals surface area contributed by atoms with E-state index in [4.69, 9.17) is 16.3 Å². The molecule has 0 atom stereocenters. The van der Waals surface area contributed by atoms with E-state index in [1.807, 2.05) is 24.3 Å². The number of nitrogens with one attached hydrogen (secondary N) is 1. The van der Waals surface area contributed by atoms with E-state index in [1.165, 1.54) is 0 Å². The van der Waals surface area contributed by atoms with Gasteiger partial charge in [0.15, 0.2) is 0 Å². The van der Waals surface area contributed by atoms with Crippen LogP contribution in [0.2, 0.25) is 5.02 Å². The first-order chi connectivity index (χ1) is 12.6. The summed E-state index contributed by atoms with van der Waals surface area (Å²) in [6.45, 7) is 5.73. The van der Waals surface area contributed by atoms with E-state index >= 15 is 0 Å². The van der Waals surface area contributed by atoms with E-state index < -0.39 is 0 Å². The second-order valence-electron chi connectivity index (χ2n) is 6.45. The number of rotatable bonds is 6. The summed E-state index contributed by atoms with van der Waals surface area (Å²) >= 11 is 5.97. The minimum atomic E-state index is -0.0518. The Morgan fingerprint density at radius 3 is 2.42 bits per heavy atom. The topological polar surface area (TPSA) is 61.5 Å². The van der Waals surface area contributed by atoms with Crippen molar-refractivity contribution in [3.8, 4) is 0 Å². The molecule has 2 aromatic rings. The Balaban J connectivity index is 1.74. The molecule has 0 spiro atoms. The molecule has 0 unspecified atom stereocenters. The molecule has 1 fully saturated rings. The minimum Gasteiger partial charge on any atom is -0.378 e. The molecule has 26 heavy (non-hydrogen) atoms. The van der Waals surface area contributed by atoms with Gasteiger partial charge >= 0.3 is 0 Å². The van der Waals surface area contributed by atoms with Crippen LogP contribution in [0.15, 0.2) is 29.1 Å². The van der Waals surface area contributed by atoms with Crippen LogP contribution >= 0.6 is 11.6 Å². The molecule has 7 heteroatoms. The lowest BCUT2D eigenvalue weighted by Crippen LogP contribution is -2.47. The largest absolute Gasteiger partial charge is 0.378 e. The van der Waals surface area contributed by atoms with Crippen molar-refractivity contribution in [1.29, 1.82) is 0 Å². The Kier molecular flexibility index (Phi) is 6.16. The number of ether oxygens (including phenoxy) is 1. The Morgan fingerprint density at radius 1 is 1.15 bits per heavy atom. The summed E-state index contributed by atoms with van der Waals surface area (Å²) in [5.74, 6) is 0.637. The summed E-state index contributed by atoms with van der Waals surface area (Å²) in [6.07, 6.45) is 1.62. The van der Waals surface area contributed by atoms with Crippen LogP contribution in [0.4, 0.5) is 11.6 Å². The standard InChI is InChI=1S/C19H25ClN4O2/c1-3-4-16-17(13-26-2)21-19(22-18(16)25)24-11-9-23(10-12-24)15-7-5-14(20)6-8-15/h5-8H,3-4,9-13H2,1-2H3,(H,21,22,25). The number of halogens is 1. The van der Waals surface area contributed by atoms with Crippen molar-refractivity contribution < 1.29 is 4.74 Å². The number of hydrogen-bond acceptors (Lipinski definition) is 5.